The Morgan fingerprint density at radius 3 is 2.89 bits per heavy atom. The highest BCUT2D eigenvalue weighted by molar-refractivity contribution is 5.13. The Kier molecular flexibility index (Phi) is 5.58. The van der Waals surface area contributed by atoms with Gasteiger partial charge < -0.3 is 14.6 Å². The minimum Gasteiger partial charge on any atom is -0.390 e. The van der Waals surface area contributed by atoms with Crippen molar-refractivity contribution in [1.82, 2.24) is 0 Å². The van der Waals surface area contributed by atoms with Crippen molar-refractivity contribution in [2.24, 2.45) is 0 Å². The van der Waals surface area contributed by atoms with Crippen LogP contribution in [-0.4, -0.2) is 30.0 Å². The van der Waals surface area contributed by atoms with Gasteiger partial charge in [0.05, 0.1) is 31.5 Å². The van der Waals surface area contributed by atoms with Crippen LogP contribution in [0.25, 0.3) is 0 Å². The highest BCUT2D eigenvalue weighted by Crippen LogP contribution is 2.23. The number of benzene rings is 1. The number of hydrogen-bond donors (Lipinski definition) is 1. The first-order chi connectivity index (χ1) is 9.29. The van der Waals surface area contributed by atoms with Crippen LogP contribution in [0.1, 0.15) is 25.3 Å². The second-order valence-corrected chi connectivity index (χ2v) is 4.91. The van der Waals surface area contributed by atoms with Gasteiger partial charge in [0.15, 0.2) is 0 Å². The van der Waals surface area contributed by atoms with Gasteiger partial charge in [-0.3, -0.25) is 0 Å². The van der Waals surface area contributed by atoms with Gasteiger partial charge in [-0.2, -0.15) is 0 Å². The number of allylic oxidation sites excluding steroid dienone is 1. The molecule has 0 unspecified atom stereocenters. The van der Waals surface area contributed by atoms with Crippen LogP contribution in [0, 0.1) is 0 Å². The van der Waals surface area contributed by atoms with Crippen molar-refractivity contribution in [3.05, 3.63) is 48.0 Å². The fourth-order valence-electron chi connectivity index (χ4n) is 2.29. The lowest BCUT2D eigenvalue weighted by atomic mass is 10.1. The molecule has 1 saturated heterocycles. The van der Waals surface area contributed by atoms with Crippen molar-refractivity contribution >= 4 is 0 Å². The van der Waals surface area contributed by atoms with E-state index in [4.69, 9.17) is 9.47 Å². The summed E-state index contributed by atoms with van der Waals surface area (Å²) in [6.45, 7) is 3.11. The topological polar surface area (TPSA) is 38.7 Å². The summed E-state index contributed by atoms with van der Waals surface area (Å²) < 4.78 is 11.4. The smallest absolute Gasteiger partial charge is 0.0874 e. The molecule has 104 valence electrons. The molecule has 0 saturated carbocycles. The number of ether oxygens (including phenoxy) is 2. The molecule has 2 rings (SSSR count). The van der Waals surface area contributed by atoms with E-state index in [1.807, 2.05) is 49.4 Å². The first kappa shape index (κ1) is 14.3. The highest BCUT2D eigenvalue weighted by atomic mass is 16.6. The summed E-state index contributed by atoms with van der Waals surface area (Å²) in [5.74, 6) is 0. The summed E-state index contributed by atoms with van der Waals surface area (Å²) in [4.78, 5) is 0. The molecule has 0 amide bonds. The summed E-state index contributed by atoms with van der Waals surface area (Å²) >= 11 is 0. The molecule has 1 aromatic carbocycles. The second-order valence-electron chi connectivity index (χ2n) is 4.91. The molecule has 0 radical (unpaired) electrons. The monoisotopic (exact) mass is 262 g/mol. The third-order valence-corrected chi connectivity index (χ3v) is 3.32. The van der Waals surface area contributed by atoms with Gasteiger partial charge in [-0.25, -0.2) is 0 Å². The van der Waals surface area contributed by atoms with Crippen molar-refractivity contribution in [2.45, 2.75) is 44.7 Å². The molecule has 1 aliphatic rings. The highest BCUT2D eigenvalue weighted by Gasteiger charge is 2.32. The van der Waals surface area contributed by atoms with Crippen LogP contribution in [0.5, 0.6) is 0 Å². The Balaban J connectivity index is 1.70. The fourth-order valence-corrected chi connectivity index (χ4v) is 2.29. The maximum atomic E-state index is 9.89. The predicted molar refractivity (Wildman–Crippen MR) is 74.8 cm³/mol. The van der Waals surface area contributed by atoms with Crippen molar-refractivity contribution in [3.63, 3.8) is 0 Å². The van der Waals surface area contributed by atoms with Crippen LogP contribution in [0.4, 0.5) is 0 Å². The zero-order chi connectivity index (χ0) is 13.5. The van der Waals surface area contributed by atoms with Crippen LogP contribution < -0.4 is 0 Å². The van der Waals surface area contributed by atoms with E-state index in [1.165, 1.54) is 0 Å². The maximum Gasteiger partial charge on any atom is 0.0874 e. The molecule has 1 N–H and O–H groups in total. The van der Waals surface area contributed by atoms with E-state index in [0.717, 1.165) is 12.0 Å². The summed E-state index contributed by atoms with van der Waals surface area (Å²) in [6.07, 6.45) is 5.00. The van der Waals surface area contributed by atoms with Crippen molar-refractivity contribution in [3.8, 4) is 0 Å². The Morgan fingerprint density at radius 2 is 2.16 bits per heavy atom. The molecule has 0 bridgehead atoms. The maximum absolute atomic E-state index is 9.89. The predicted octanol–water partition coefficient (Wildman–Crippen LogP) is 2.69. The van der Waals surface area contributed by atoms with E-state index in [9.17, 15) is 5.11 Å². The van der Waals surface area contributed by atoms with Crippen LogP contribution in [0.3, 0.4) is 0 Å². The summed E-state index contributed by atoms with van der Waals surface area (Å²) in [5, 5.41) is 9.89. The summed E-state index contributed by atoms with van der Waals surface area (Å²) in [6, 6.07) is 10.1. The molecule has 3 nitrogen and oxygen atoms in total. The second kappa shape index (κ2) is 7.43. The van der Waals surface area contributed by atoms with E-state index >= 15 is 0 Å². The zero-order valence-electron chi connectivity index (χ0n) is 11.4. The molecule has 1 fully saturated rings. The summed E-state index contributed by atoms with van der Waals surface area (Å²) in [7, 11) is 0. The molecule has 1 heterocycles. The van der Waals surface area contributed by atoms with Gasteiger partial charge in [-0.15, -0.1) is 0 Å². The normalized spacial score (nSPS) is 27.2. The van der Waals surface area contributed by atoms with E-state index < -0.39 is 0 Å². The first-order valence-corrected chi connectivity index (χ1v) is 6.86. The molecule has 3 heteroatoms. The molecule has 1 aliphatic heterocycles. The molecule has 0 aromatic heterocycles. The van der Waals surface area contributed by atoms with Crippen molar-refractivity contribution < 1.29 is 14.6 Å². The van der Waals surface area contributed by atoms with Gasteiger partial charge in [-0.05, 0) is 18.9 Å². The largest absolute Gasteiger partial charge is 0.390 e. The molecule has 0 aliphatic carbocycles. The third kappa shape index (κ3) is 4.46. The number of rotatable bonds is 6. The van der Waals surface area contributed by atoms with E-state index in [0.29, 0.717) is 19.6 Å². The van der Waals surface area contributed by atoms with Crippen molar-refractivity contribution in [2.75, 3.05) is 6.61 Å². The van der Waals surface area contributed by atoms with Gasteiger partial charge >= 0.3 is 0 Å². The number of aliphatic hydroxyl groups is 1. The average molecular weight is 262 g/mol. The molecule has 3 atom stereocenters. The summed E-state index contributed by atoms with van der Waals surface area (Å²) in [5.41, 5.74) is 1.16. The average Bonchev–Trinajstić information content (AvgIpc) is 2.78. The molecular formula is C16H22O3. The minimum atomic E-state index is -0.374. The lowest BCUT2D eigenvalue weighted by molar-refractivity contribution is -0.0296. The van der Waals surface area contributed by atoms with Gasteiger partial charge in [0, 0.05) is 6.42 Å². The quantitative estimate of drug-likeness (QED) is 0.801. The SMILES string of the molecule is C/C=C\C[C@H]1O[C@H](COCc2ccccc2)C[C@H]1O. The van der Waals surface area contributed by atoms with Crippen LogP contribution >= 0.6 is 0 Å². The fraction of sp³-hybridized carbons (Fsp3) is 0.500. The van der Waals surface area contributed by atoms with Crippen LogP contribution in [0.15, 0.2) is 42.5 Å². The van der Waals surface area contributed by atoms with E-state index in [1.54, 1.807) is 0 Å². The lowest BCUT2D eigenvalue weighted by Gasteiger charge is -2.13. The van der Waals surface area contributed by atoms with Gasteiger partial charge in [0.25, 0.3) is 0 Å². The van der Waals surface area contributed by atoms with Gasteiger partial charge in [0.2, 0.25) is 0 Å². The lowest BCUT2D eigenvalue weighted by Crippen LogP contribution is -2.20. The Morgan fingerprint density at radius 1 is 1.37 bits per heavy atom. The molecular weight excluding hydrogens is 240 g/mol. The van der Waals surface area contributed by atoms with E-state index in [-0.39, 0.29) is 18.3 Å². The molecule has 1 aromatic rings. The van der Waals surface area contributed by atoms with Crippen LogP contribution in [0.2, 0.25) is 0 Å². The minimum absolute atomic E-state index is 0.00830. The molecule has 0 spiro atoms. The van der Waals surface area contributed by atoms with Gasteiger partial charge in [0.1, 0.15) is 0 Å². The Labute approximate surface area is 114 Å². The number of hydrogen-bond acceptors (Lipinski definition) is 3. The Bertz CT molecular complexity index is 388. The Hall–Kier alpha value is -1.16. The third-order valence-electron chi connectivity index (χ3n) is 3.32. The van der Waals surface area contributed by atoms with Gasteiger partial charge in [-0.1, -0.05) is 42.5 Å². The number of aliphatic hydroxyl groups excluding tert-OH is 1. The van der Waals surface area contributed by atoms with E-state index in [2.05, 4.69) is 0 Å². The zero-order valence-corrected chi connectivity index (χ0v) is 11.4. The molecule has 19 heavy (non-hydrogen) atoms. The van der Waals surface area contributed by atoms with Crippen molar-refractivity contribution in [1.29, 1.82) is 0 Å². The first-order valence-electron chi connectivity index (χ1n) is 6.86. The van der Waals surface area contributed by atoms with Crippen LogP contribution in [-0.2, 0) is 16.1 Å². The standard InChI is InChI=1S/C16H22O3/c1-2-3-9-16-15(17)10-14(19-16)12-18-11-13-7-5-4-6-8-13/h2-8,14-17H,9-12H2,1H3/b3-2-/t14-,15+,16+/m0/s1.